The molecule has 0 bridgehead atoms. The van der Waals surface area contributed by atoms with E-state index in [1.54, 1.807) is 20.4 Å². The van der Waals surface area contributed by atoms with Crippen molar-refractivity contribution >= 4 is 5.91 Å². The first-order chi connectivity index (χ1) is 11.1. The average Bonchev–Trinajstić information content (AvgIpc) is 2.60. The quantitative estimate of drug-likeness (QED) is 0.853. The highest BCUT2D eigenvalue weighted by Gasteiger charge is 2.16. The number of nitrogens with one attached hydrogen (secondary N) is 1. The lowest BCUT2D eigenvalue weighted by molar-refractivity contribution is -0.121. The van der Waals surface area contributed by atoms with Crippen molar-refractivity contribution in [1.82, 2.24) is 10.3 Å². The SMILES string of the molecule is COc1ccc(C(C)CC(=O)NCc2ccccn2)c(OC)c1. The van der Waals surface area contributed by atoms with Gasteiger partial charge < -0.3 is 14.8 Å². The summed E-state index contributed by atoms with van der Waals surface area (Å²) in [6, 6.07) is 11.3. The van der Waals surface area contributed by atoms with Gasteiger partial charge in [0.1, 0.15) is 11.5 Å². The van der Waals surface area contributed by atoms with Crippen LogP contribution in [0.4, 0.5) is 0 Å². The minimum absolute atomic E-state index is 0.0129. The molecule has 2 aromatic rings. The number of amides is 1. The Balaban J connectivity index is 1.95. The van der Waals surface area contributed by atoms with Crippen LogP contribution in [-0.4, -0.2) is 25.1 Å². The fourth-order valence-corrected chi connectivity index (χ4v) is 2.38. The molecule has 1 aromatic carbocycles. The number of hydrogen-bond donors (Lipinski definition) is 1. The predicted molar refractivity (Wildman–Crippen MR) is 88.7 cm³/mol. The van der Waals surface area contributed by atoms with E-state index < -0.39 is 0 Å². The first kappa shape index (κ1) is 16.8. The van der Waals surface area contributed by atoms with Crippen LogP contribution in [0, 0.1) is 0 Å². The molecule has 122 valence electrons. The number of carbonyl (C=O) groups excluding carboxylic acids is 1. The summed E-state index contributed by atoms with van der Waals surface area (Å²) in [6.45, 7) is 2.44. The molecule has 0 saturated heterocycles. The van der Waals surface area contributed by atoms with E-state index in [0.29, 0.717) is 13.0 Å². The van der Waals surface area contributed by atoms with Gasteiger partial charge in [-0.05, 0) is 29.7 Å². The number of rotatable bonds is 7. The summed E-state index contributed by atoms with van der Waals surface area (Å²) in [5.74, 6) is 1.49. The minimum atomic E-state index is -0.0129. The largest absolute Gasteiger partial charge is 0.497 e. The Bertz CT molecular complexity index is 644. The summed E-state index contributed by atoms with van der Waals surface area (Å²) in [5.41, 5.74) is 1.83. The standard InChI is InChI=1S/C18H22N2O3/c1-13(16-8-7-15(22-2)11-17(16)23-3)10-18(21)20-12-14-6-4-5-9-19-14/h4-9,11,13H,10,12H2,1-3H3,(H,20,21). The molecule has 1 aromatic heterocycles. The Morgan fingerprint density at radius 3 is 2.70 bits per heavy atom. The molecule has 2 rings (SSSR count). The van der Waals surface area contributed by atoms with Crippen molar-refractivity contribution in [2.45, 2.75) is 25.8 Å². The van der Waals surface area contributed by atoms with E-state index in [4.69, 9.17) is 9.47 Å². The maximum atomic E-state index is 12.1. The maximum absolute atomic E-state index is 12.1. The molecule has 0 aliphatic rings. The van der Waals surface area contributed by atoms with E-state index in [0.717, 1.165) is 22.8 Å². The van der Waals surface area contributed by atoms with Crippen molar-refractivity contribution in [2.24, 2.45) is 0 Å². The average molecular weight is 314 g/mol. The Kier molecular flexibility index (Phi) is 5.97. The van der Waals surface area contributed by atoms with Gasteiger partial charge in [0.2, 0.25) is 5.91 Å². The summed E-state index contributed by atoms with van der Waals surface area (Å²) in [7, 11) is 3.23. The van der Waals surface area contributed by atoms with E-state index in [9.17, 15) is 4.79 Å². The number of ether oxygens (including phenoxy) is 2. The van der Waals surface area contributed by atoms with Gasteiger partial charge in [0.05, 0.1) is 26.5 Å². The van der Waals surface area contributed by atoms with Gasteiger partial charge in [-0.25, -0.2) is 0 Å². The van der Waals surface area contributed by atoms with Crippen molar-refractivity contribution in [2.75, 3.05) is 14.2 Å². The molecule has 0 spiro atoms. The van der Waals surface area contributed by atoms with Gasteiger partial charge in [0.25, 0.3) is 0 Å². The normalized spacial score (nSPS) is 11.6. The molecule has 5 nitrogen and oxygen atoms in total. The second kappa shape index (κ2) is 8.17. The Morgan fingerprint density at radius 2 is 2.04 bits per heavy atom. The van der Waals surface area contributed by atoms with Crippen LogP contribution in [0.3, 0.4) is 0 Å². The Labute approximate surface area is 136 Å². The van der Waals surface area contributed by atoms with E-state index in [-0.39, 0.29) is 11.8 Å². The van der Waals surface area contributed by atoms with Crippen LogP contribution < -0.4 is 14.8 Å². The summed E-state index contributed by atoms with van der Waals surface area (Å²) in [6.07, 6.45) is 2.10. The van der Waals surface area contributed by atoms with Crippen LogP contribution in [0.15, 0.2) is 42.6 Å². The first-order valence-electron chi connectivity index (χ1n) is 7.52. The topological polar surface area (TPSA) is 60.5 Å². The van der Waals surface area contributed by atoms with Crippen molar-refractivity contribution in [3.63, 3.8) is 0 Å². The van der Waals surface area contributed by atoms with Gasteiger partial charge in [-0.3, -0.25) is 9.78 Å². The lowest BCUT2D eigenvalue weighted by atomic mass is 9.96. The summed E-state index contributed by atoms with van der Waals surface area (Å²) in [5, 5.41) is 2.89. The third kappa shape index (κ3) is 4.71. The fraction of sp³-hybridized carbons (Fsp3) is 0.333. The van der Waals surface area contributed by atoms with Crippen LogP contribution in [-0.2, 0) is 11.3 Å². The fourth-order valence-electron chi connectivity index (χ4n) is 2.38. The monoisotopic (exact) mass is 314 g/mol. The highest BCUT2D eigenvalue weighted by molar-refractivity contribution is 5.77. The third-order valence-corrected chi connectivity index (χ3v) is 3.66. The highest BCUT2D eigenvalue weighted by Crippen LogP contribution is 2.32. The second-order valence-corrected chi connectivity index (χ2v) is 5.31. The predicted octanol–water partition coefficient (Wildman–Crippen LogP) is 2.91. The molecule has 1 amide bonds. The zero-order valence-electron chi connectivity index (χ0n) is 13.7. The van der Waals surface area contributed by atoms with Gasteiger partial charge in [-0.15, -0.1) is 0 Å². The van der Waals surface area contributed by atoms with Gasteiger partial charge in [-0.2, -0.15) is 0 Å². The van der Waals surface area contributed by atoms with Crippen LogP contribution in [0.2, 0.25) is 0 Å². The number of methoxy groups -OCH3 is 2. The molecule has 0 aliphatic carbocycles. The summed E-state index contributed by atoms with van der Waals surface area (Å²) in [4.78, 5) is 16.3. The van der Waals surface area contributed by atoms with Crippen molar-refractivity contribution in [3.8, 4) is 11.5 Å². The molecule has 1 unspecified atom stereocenters. The summed E-state index contributed by atoms with van der Waals surface area (Å²) < 4.78 is 10.6. The van der Waals surface area contributed by atoms with E-state index in [1.165, 1.54) is 0 Å². The number of hydrogen-bond acceptors (Lipinski definition) is 4. The van der Waals surface area contributed by atoms with Gasteiger partial charge in [-0.1, -0.05) is 19.1 Å². The van der Waals surface area contributed by atoms with Gasteiger partial charge in [0.15, 0.2) is 0 Å². The van der Waals surface area contributed by atoms with Gasteiger partial charge in [0, 0.05) is 18.7 Å². The zero-order valence-corrected chi connectivity index (χ0v) is 13.7. The highest BCUT2D eigenvalue weighted by atomic mass is 16.5. The number of aromatic nitrogens is 1. The molecule has 0 saturated carbocycles. The van der Waals surface area contributed by atoms with Crippen molar-refractivity contribution in [1.29, 1.82) is 0 Å². The van der Waals surface area contributed by atoms with Crippen molar-refractivity contribution in [3.05, 3.63) is 53.9 Å². The molecule has 0 fully saturated rings. The van der Waals surface area contributed by atoms with Crippen LogP contribution in [0.1, 0.15) is 30.5 Å². The molecular formula is C18H22N2O3. The maximum Gasteiger partial charge on any atom is 0.220 e. The van der Waals surface area contributed by atoms with Crippen LogP contribution in [0.25, 0.3) is 0 Å². The molecule has 0 aliphatic heterocycles. The van der Waals surface area contributed by atoms with E-state index in [1.807, 2.05) is 43.3 Å². The molecule has 23 heavy (non-hydrogen) atoms. The number of nitrogens with zero attached hydrogens (tertiary/aromatic N) is 1. The van der Waals surface area contributed by atoms with Crippen LogP contribution in [0.5, 0.6) is 11.5 Å². The summed E-state index contributed by atoms with van der Waals surface area (Å²) >= 11 is 0. The first-order valence-corrected chi connectivity index (χ1v) is 7.52. The lowest BCUT2D eigenvalue weighted by Crippen LogP contribution is -2.24. The number of carbonyl (C=O) groups is 1. The lowest BCUT2D eigenvalue weighted by Gasteiger charge is -2.16. The minimum Gasteiger partial charge on any atom is -0.497 e. The number of benzene rings is 1. The van der Waals surface area contributed by atoms with Crippen molar-refractivity contribution < 1.29 is 14.3 Å². The smallest absolute Gasteiger partial charge is 0.220 e. The molecule has 1 heterocycles. The van der Waals surface area contributed by atoms with E-state index in [2.05, 4.69) is 10.3 Å². The van der Waals surface area contributed by atoms with Gasteiger partial charge >= 0.3 is 0 Å². The van der Waals surface area contributed by atoms with E-state index >= 15 is 0 Å². The third-order valence-electron chi connectivity index (χ3n) is 3.66. The zero-order chi connectivity index (χ0) is 16.7. The Hall–Kier alpha value is -2.56. The van der Waals surface area contributed by atoms with Crippen LogP contribution >= 0.6 is 0 Å². The molecule has 5 heteroatoms. The molecule has 0 radical (unpaired) electrons. The molecular weight excluding hydrogens is 292 g/mol. The Morgan fingerprint density at radius 1 is 1.22 bits per heavy atom. The number of pyridine rings is 1. The molecule has 1 atom stereocenters. The second-order valence-electron chi connectivity index (χ2n) is 5.31. The molecule has 1 N–H and O–H groups in total.